The maximum absolute atomic E-state index is 11.8. The van der Waals surface area contributed by atoms with Gasteiger partial charge in [-0.1, -0.05) is 24.6 Å². The maximum atomic E-state index is 11.8. The first-order valence-electron chi connectivity index (χ1n) is 8.27. The van der Waals surface area contributed by atoms with E-state index >= 15 is 0 Å². The molecule has 22 heavy (non-hydrogen) atoms. The van der Waals surface area contributed by atoms with Crippen molar-refractivity contribution in [3.05, 3.63) is 23.2 Å². The standard InChI is InChI=1S/C17H24ClN3O/c1-2-16(22)20-10-12-21(13-11-20)17-14(18)6-5-7-15(17)19-8-3-4-9-19/h5-7H,2-4,8-13H2,1H3. The van der Waals surface area contributed by atoms with Crippen LogP contribution in [0.2, 0.25) is 5.02 Å². The summed E-state index contributed by atoms with van der Waals surface area (Å²) in [7, 11) is 0. The molecule has 1 aromatic rings. The summed E-state index contributed by atoms with van der Waals surface area (Å²) < 4.78 is 0. The number of hydrogen-bond acceptors (Lipinski definition) is 3. The van der Waals surface area contributed by atoms with Crippen molar-refractivity contribution in [2.24, 2.45) is 0 Å². The number of hydrogen-bond donors (Lipinski definition) is 0. The van der Waals surface area contributed by atoms with Crippen molar-refractivity contribution in [3.63, 3.8) is 0 Å². The van der Waals surface area contributed by atoms with Crippen LogP contribution in [0.15, 0.2) is 18.2 Å². The van der Waals surface area contributed by atoms with Crippen molar-refractivity contribution in [3.8, 4) is 0 Å². The molecule has 0 aliphatic carbocycles. The van der Waals surface area contributed by atoms with Gasteiger partial charge >= 0.3 is 0 Å². The van der Waals surface area contributed by atoms with Gasteiger partial charge in [0.25, 0.3) is 0 Å². The Labute approximate surface area is 137 Å². The van der Waals surface area contributed by atoms with E-state index < -0.39 is 0 Å². The van der Waals surface area contributed by atoms with Gasteiger partial charge in [0.15, 0.2) is 0 Å². The summed E-state index contributed by atoms with van der Waals surface area (Å²) in [5, 5.41) is 0.819. The Balaban J connectivity index is 1.79. The first-order valence-corrected chi connectivity index (χ1v) is 8.64. The van der Waals surface area contributed by atoms with Gasteiger partial charge in [-0.3, -0.25) is 4.79 Å². The quantitative estimate of drug-likeness (QED) is 0.856. The zero-order valence-corrected chi connectivity index (χ0v) is 14.0. The Hall–Kier alpha value is -1.42. The number of anilines is 2. The molecular weight excluding hydrogens is 298 g/mol. The lowest BCUT2D eigenvalue weighted by molar-refractivity contribution is -0.131. The monoisotopic (exact) mass is 321 g/mol. The minimum absolute atomic E-state index is 0.249. The van der Waals surface area contributed by atoms with E-state index in [9.17, 15) is 4.79 Å². The molecule has 2 aliphatic heterocycles. The van der Waals surface area contributed by atoms with E-state index in [2.05, 4.69) is 15.9 Å². The van der Waals surface area contributed by atoms with Crippen LogP contribution in [0, 0.1) is 0 Å². The maximum Gasteiger partial charge on any atom is 0.222 e. The molecule has 1 aromatic carbocycles. The lowest BCUT2D eigenvalue weighted by atomic mass is 10.2. The van der Waals surface area contributed by atoms with Crippen LogP contribution in [0.3, 0.4) is 0 Å². The third kappa shape index (κ3) is 3.02. The number of halogens is 1. The molecule has 1 amide bonds. The highest BCUT2D eigenvalue weighted by Gasteiger charge is 2.25. The van der Waals surface area contributed by atoms with Gasteiger partial charge in [0.05, 0.1) is 16.4 Å². The van der Waals surface area contributed by atoms with Crippen molar-refractivity contribution in [2.75, 3.05) is 49.1 Å². The van der Waals surface area contributed by atoms with Gasteiger partial charge in [-0.25, -0.2) is 0 Å². The van der Waals surface area contributed by atoms with Crippen molar-refractivity contribution in [2.45, 2.75) is 26.2 Å². The molecule has 120 valence electrons. The fourth-order valence-corrected chi connectivity index (χ4v) is 3.72. The van der Waals surface area contributed by atoms with E-state index in [1.54, 1.807) is 0 Å². The van der Waals surface area contributed by atoms with Gasteiger partial charge in [-0.05, 0) is 25.0 Å². The summed E-state index contributed by atoms with van der Waals surface area (Å²) in [5.74, 6) is 0.249. The van der Waals surface area contributed by atoms with Crippen LogP contribution < -0.4 is 9.80 Å². The predicted molar refractivity (Wildman–Crippen MR) is 92.0 cm³/mol. The van der Waals surface area contributed by atoms with E-state index in [0.717, 1.165) is 50.0 Å². The van der Waals surface area contributed by atoms with Gasteiger partial charge in [0, 0.05) is 45.7 Å². The highest BCUT2D eigenvalue weighted by Crippen LogP contribution is 2.38. The van der Waals surface area contributed by atoms with Crippen molar-refractivity contribution in [1.82, 2.24) is 4.90 Å². The molecule has 0 spiro atoms. The zero-order chi connectivity index (χ0) is 15.5. The van der Waals surface area contributed by atoms with Crippen molar-refractivity contribution >= 4 is 28.9 Å². The van der Waals surface area contributed by atoms with E-state index in [0.29, 0.717) is 6.42 Å². The number of piperazine rings is 1. The predicted octanol–water partition coefficient (Wildman–Crippen LogP) is 3.00. The molecule has 2 saturated heterocycles. The van der Waals surface area contributed by atoms with Crippen LogP contribution in [0.1, 0.15) is 26.2 Å². The molecule has 0 N–H and O–H groups in total. The average molecular weight is 322 g/mol. The van der Waals surface area contributed by atoms with Gasteiger partial charge in [0.2, 0.25) is 5.91 Å². The van der Waals surface area contributed by atoms with E-state index in [1.807, 2.05) is 24.0 Å². The first kappa shape index (κ1) is 15.5. The number of carbonyl (C=O) groups excluding carboxylic acids is 1. The molecule has 0 radical (unpaired) electrons. The Bertz CT molecular complexity index is 535. The first-order chi connectivity index (χ1) is 10.7. The molecule has 2 fully saturated rings. The Morgan fingerprint density at radius 3 is 2.36 bits per heavy atom. The molecule has 0 aromatic heterocycles. The third-order valence-electron chi connectivity index (χ3n) is 4.66. The number of benzene rings is 1. The molecule has 0 bridgehead atoms. The number of rotatable bonds is 3. The molecular formula is C17H24ClN3O. The molecule has 4 nitrogen and oxygen atoms in total. The van der Waals surface area contributed by atoms with Crippen molar-refractivity contribution < 1.29 is 4.79 Å². The van der Waals surface area contributed by atoms with Crippen LogP contribution in [0.5, 0.6) is 0 Å². The SMILES string of the molecule is CCC(=O)N1CCN(c2c(Cl)cccc2N2CCCC2)CC1. The summed E-state index contributed by atoms with van der Waals surface area (Å²) >= 11 is 6.52. The second-order valence-electron chi connectivity index (χ2n) is 6.02. The minimum atomic E-state index is 0.249. The van der Waals surface area contributed by atoms with Crippen LogP contribution in [0.4, 0.5) is 11.4 Å². The average Bonchev–Trinajstić information content (AvgIpc) is 3.08. The summed E-state index contributed by atoms with van der Waals surface area (Å²) in [6.07, 6.45) is 3.10. The van der Waals surface area contributed by atoms with Gasteiger partial charge in [0.1, 0.15) is 0 Å². The largest absolute Gasteiger partial charge is 0.370 e. The Kier molecular flexibility index (Phi) is 4.77. The minimum Gasteiger partial charge on any atom is -0.370 e. The van der Waals surface area contributed by atoms with Crippen molar-refractivity contribution in [1.29, 1.82) is 0 Å². The molecule has 2 aliphatic rings. The third-order valence-corrected chi connectivity index (χ3v) is 4.97. The molecule has 0 atom stereocenters. The molecule has 5 heteroatoms. The van der Waals surface area contributed by atoms with E-state index in [-0.39, 0.29) is 5.91 Å². The summed E-state index contributed by atoms with van der Waals surface area (Å²) in [6.45, 7) is 7.44. The number of nitrogens with zero attached hydrogens (tertiary/aromatic N) is 3. The summed E-state index contributed by atoms with van der Waals surface area (Å²) in [6, 6.07) is 6.19. The Morgan fingerprint density at radius 1 is 1.05 bits per heavy atom. The highest BCUT2D eigenvalue weighted by atomic mass is 35.5. The highest BCUT2D eigenvalue weighted by molar-refractivity contribution is 6.34. The van der Waals surface area contributed by atoms with Gasteiger partial charge in [-0.2, -0.15) is 0 Å². The normalized spacial score (nSPS) is 18.9. The van der Waals surface area contributed by atoms with Gasteiger partial charge < -0.3 is 14.7 Å². The van der Waals surface area contributed by atoms with Crippen LogP contribution >= 0.6 is 11.6 Å². The zero-order valence-electron chi connectivity index (χ0n) is 13.2. The fourth-order valence-electron chi connectivity index (χ4n) is 3.43. The lowest BCUT2D eigenvalue weighted by Gasteiger charge is -2.38. The fraction of sp³-hybridized carbons (Fsp3) is 0.588. The Morgan fingerprint density at radius 2 is 1.73 bits per heavy atom. The summed E-state index contributed by atoms with van der Waals surface area (Å²) in [5.41, 5.74) is 2.40. The second-order valence-corrected chi connectivity index (χ2v) is 6.43. The lowest BCUT2D eigenvalue weighted by Crippen LogP contribution is -2.49. The molecule has 0 unspecified atom stereocenters. The van der Waals surface area contributed by atoms with Gasteiger partial charge in [-0.15, -0.1) is 0 Å². The van der Waals surface area contributed by atoms with E-state index in [1.165, 1.54) is 18.5 Å². The van der Waals surface area contributed by atoms with Crippen LogP contribution in [-0.4, -0.2) is 50.1 Å². The smallest absolute Gasteiger partial charge is 0.222 e. The second kappa shape index (κ2) is 6.78. The van der Waals surface area contributed by atoms with Crippen LogP contribution in [-0.2, 0) is 4.79 Å². The number of para-hydroxylation sites is 1. The molecule has 2 heterocycles. The number of amides is 1. The number of carbonyl (C=O) groups is 1. The molecule has 3 rings (SSSR count). The summed E-state index contributed by atoms with van der Waals surface area (Å²) in [4.78, 5) is 18.6. The topological polar surface area (TPSA) is 26.8 Å². The van der Waals surface area contributed by atoms with Crippen LogP contribution in [0.25, 0.3) is 0 Å². The van der Waals surface area contributed by atoms with E-state index in [4.69, 9.17) is 11.6 Å². The molecule has 0 saturated carbocycles.